The van der Waals surface area contributed by atoms with Crippen LogP contribution in [0.2, 0.25) is 5.02 Å². The molecule has 6 nitrogen and oxygen atoms in total. The Hall–Kier alpha value is -3.90. The summed E-state index contributed by atoms with van der Waals surface area (Å²) in [5.74, 6) is -0.767. The highest BCUT2D eigenvalue weighted by molar-refractivity contribution is 6.31. The van der Waals surface area contributed by atoms with Crippen molar-refractivity contribution in [2.24, 2.45) is 0 Å². The number of carboxylic acid groups (broad SMARTS) is 1. The molecule has 35 heavy (non-hydrogen) atoms. The van der Waals surface area contributed by atoms with Crippen molar-refractivity contribution >= 4 is 23.5 Å². The molecule has 1 unspecified atom stereocenters. The number of benzene rings is 3. The van der Waals surface area contributed by atoms with E-state index in [4.69, 9.17) is 26.0 Å². The highest BCUT2D eigenvalue weighted by Gasteiger charge is 2.21. The number of hydrogen-bond acceptors (Lipinski definition) is 5. The van der Waals surface area contributed by atoms with Crippen molar-refractivity contribution in [3.05, 3.63) is 100 Å². The van der Waals surface area contributed by atoms with E-state index in [2.05, 4.69) is 5.16 Å². The number of aromatic nitrogens is 1. The number of esters is 1. The fourth-order valence-electron chi connectivity index (χ4n) is 3.90. The quantitative estimate of drug-likeness (QED) is 0.286. The Labute approximate surface area is 208 Å². The lowest BCUT2D eigenvalue weighted by molar-refractivity contribution is -0.147. The van der Waals surface area contributed by atoms with Gasteiger partial charge >= 0.3 is 11.9 Å². The summed E-state index contributed by atoms with van der Waals surface area (Å²) >= 11 is 6.23. The van der Waals surface area contributed by atoms with Crippen LogP contribution < -0.4 is 0 Å². The summed E-state index contributed by atoms with van der Waals surface area (Å²) < 4.78 is 11.2. The zero-order valence-electron chi connectivity index (χ0n) is 19.3. The number of carbonyl (C=O) groups is 2. The second kappa shape index (κ2) is 10.6. The second-order valence-electron chi connectivity index (χ2n) is 8.25. The van der Waals surface area contributed by atoms with Gasteiger partial charge in [-0.1, -0.05) is 77.4 Å². The van der Waals surface area contributed by atoms with Gasteiger partial charge < -0.3 is 14.4 Å². The number of carbonyl (C=O) groups excluding carboxylic acids is 1. The largest absolute Gasteiger partial charge is 0.481 e. The van der Waals surface area contributed by atoms with E-state index in [0.717, 1.165) is 27.8 Å². The van der Waals surface area contributed by atoms with Gasteiger partial charge in [-0.05, 0) is 42.7 Å². The topological polar surface area (TPSA) is 89.6 Å². The SMILES string of the molecule is Cc1noc(-c2cccc(-c3ccc(CC(=O)O)cc3)c2)c1CC(=O)OC(C)c1ccccc1Cl. The normalized spacial score (nSPS) is 11.7. The first kappa shape index (κ1) is 24.2. The maximum absolute atomic E-state index is 12.8. The second-order valence-corrected chi connectivity index (χ2v) is 8.66. The van der Waals surface area contributed by atoms with Crippen molar-refractivity contribution in [1.29, 1.82) is 0 Å². The van der Waals surface area contributed by atoms with Crippen LogP contribution in [0.25, 0.3) is 22.5 Å². The third kappa shape index (κ3) is 5.78. The molecule has 0 aliphatic rings. The van der Waals surface area contributed by atoms with Crippen LogP contribution in [0.15, 0.2) is 77.3 Å². The number of rotatable bonds is 8. The minimum absolute atomic E-state index is 0.00751. The molecule has 0 saturated heterocycles. The molecule has 1 atom stereocenters. The van der Waals surface area contributed by atoms with Crippen molar-refractivity contribution in [2.45, 2.75) is 32.8 Å². The average molecular weight is 490 g/mol. The molecule has 0 saturated carbocycles. The van der Waals surface area contributed by atoms with Crippen LogP contribution in [0.5, 0.6) is 0 Å². The van der Waals surface area contributed by atoms with E-state index in [0.29, 0.717) is 22.0 Å². The number of aliphatic carboxylic acids is 1. The van der Waals surface area contributed by atoms with Gasteiger partial charge in [-0.2, -0.15) is 0 Å². The van der Waals surface area contributed by atoms with Crippen molar-refractivity contribution in [3.63, 3.8) is 0 Å². The van der Waals surface area contributed by atoms with Gasteiger partial charge in [-0.25, -0.2) is 0 Å². The Morgan fingerprint density at radius 3 is 2.40 bits per heavy atom. The van der Waals surface area contributed by atoms with E-state index in [1.165, 1.54) is 0 Å². The highest BCUT2D eigenvalue weighted by atomic mass is 35.5. The van der Waals surface area contributed by atoms with E-state index < -0.39 is 18.0 Å². The molecule has 0 fully saturated rings. The van der Waals surface area contributed by atoms with E-state index in [9.17, 15) is 9.59 Å². The Morgan fingerprint density at radius 2 is 1.69 bits per heavy atom. The molecule has 4 rings (SSSR count). The van der Waals surface area contributed by atoms with Gasteiger partial charge in [-0.3, -0.25) is 9.59 Å². The maximum Gasteiger partial charge on any atom is 0.311 e. The van der Waals surface area contributed by atoms with Crippen molar-refractivity contribution < 1.29 is 24.0 Å². The van der Waals surface area contributed by atoms with Gasteiger partial charge in [0.1, 0.15) is 6.10 Å². The monoisotopic (exact) mass is 489 g/mol. The molecule has 3 aromatic carbocycles. The van der Waals surface area contributed by atoms with Crippen molar-refractivity contribution in [3.8, 4) is 22.5 Å². The van der Waals surface area contributed by atoms with Crippen molar-refractivity contribution in [2.75, 3.05) is 0 Å². The standard InChI is InChI=1S/C28H24ClNO5/c1-17-24(16-27(33)34-18(2)23-8-3-4-9-25(23)29)28(35-30-17)22-7-5-6-21(15-22)20-12-10-19(11-13-20)14-26(31)32/h3-13,15,18H,14,16H2,1-2H3,(H,31,32). The summed E-state index contributed by atoms with van der Waals surface area (Å²) in [6, 6.07) is 22.3. The minimum atomic E-state index is -0.868. The van der Waals surface area contributed by atoms with Gasteiger partial charge in [-0.15, -0.1) is 0 Å². The summed E-state index contributed by atoms with van der Waals surface area (Å²) in [6.45, 7) is 3.57. The summed E-state index contributed by atoms with van der Waals surface area (Å²) in [6.07, 6.45) is -0.507. The highest BCUT2D eigenvalue weighted by Crippen LogP contribution is 2.32. The summed E-state index contributed by atoms with van der Waals surface area (Å²) in [4.78, 5) is 23.7. The fourth-order valence-corrected chi connectivity index (χ4v) is 4.19. The van der Waals surface area contributed by atoms with E-state index in [-0.39, 0.29) is 12.8 Å². The molecule has 4 aromatic rings. The molecule has 7 heteroatoms. The molecule has 1 heterocycles. The van der Waals surface area contributed by atoms with E-state index in [1.807, 2.05) is 54.6 Å². The van der Waals surface area contributed by atoms with E-state index in [1.54, 1.807) is 32.0 Å². The third-order valence-electron chi connectivity index (χ3n) is 5.72. The lowest BCUT2D eigenvalue weighted by atomic mass is 9.98. The minimum Gasteiger partial charge on any atom is -0.481 e. The lowest BCUT2D eigenvalue weighted by Crippen LogP contribution is -2.12. The van der Waals surface area contributed by atoms with Crippen LogP contribution in [0.3, 0.4) is 0 Å². The van der Waals surface area contributed by atoms with Crippen LogP contribution in [-0.2, 0) is 27.2 Å². The fraction of sp³-hybridized carbons (Fsp3) is 0.179. The summed E-state index contributed by atoms with van der Waals surface area (Å²) in [5.41, 5.74) is 5.40. The lowest BCUT2D eigenvalue weighted by Gasteiger charge is -2.15. The van der Waals surface area contributed by atoms with Gasteiger partial charge in [0.2, 0.25) is 0 Å². The predicted octanol–water partition coefficient (Wildman–Crippen LogP) is 6.44. The average Bonchev–Trinajstić information content (AvgIpc) is 3.19. The molecule has 0 spiro atoms. The van der Waals surface area contributed by atoms with E-state index >= 15 is 0 Å². The summed E-state index contributed by atoms with van der Waals surface area (Å²) in [5, 5.41) is 13.6. The van der Waals surface area contributed by atoms with Crippen LogP contribution in [0.4, 0.5) is 0 Å². The zero-order chi connectivity index (χ0) is 24.9. The molecule has 178 valence electrons. The van der Waals surface area contributed by atoms with Crippen molar-refractivity contribution in [1.82, 2.24) is 5.16 Å². The number of ether oxygens (including phenoxy) is 1. The number of nitrogens with zero attached hydrogens (tertiary/aromatic N) is 1. The first-order chi connectivity index (χ1) is 16.8. The zero-order valence-corrected chi connectivity index (χ0v) is 20.1. The number of aryl methyl sites for hydroxylation is 1. The van der Waals surface area contributed by atoms with Crippen LogP contribution >= 0.6 is 11.6 Å². The van der Waals surface area contributed by atoms with Gasteiger partial charge in [0.15, 0.2) is 5.76 Å². The molecule has 1 N–H and O–H groups in total. The molecule has 0 bridgehead atoms. The van der Waals surface area contributed by atoms with Gasteiger partial charge in [0, 0.05) is 21.7 Å². The van der Waals surface area contributed by atoms with Crippen LogP contribution in [-0.4, -0.2) is 22.2 Å². The Kier molecular flexibility index (Phi) is 7.32. The Balaban J connectivity index is 1.54. The Morgan fingerprint density at radius 1 is 0.971 bits per heavy atom. The number of halogens is 1. The van der Waals surface area contributed by atoms with Gasteiger partial charge in [0.25, 0.3) is 0 Å². The third-order valence-corrected chi connectivity index (χ3v) is 6.07. The smallest absolute Gasteiger partial charge is 0.311 e. The number of hydrogen-bond donors (Lipinski definition) is 1. The maximum atomic E-state index is 12.8. The Bertz CT molecular complexity index is 1360. The number of carboxylic acids is 1. The molecular formula is C28H24ClNO5. The predicted molar refractivity (Wildman–Crippen MR) is 133 cm³/mol. The molecule has 0 aliphatic heterocycles. The van der Waals surface area contributed by atoms with Crippen LogP contribution in [0, 0.1) is 6.92 Å². The molecule has 1 aromatic heterocycles. The first-order valence-corrected chi connectivity index (χ1v) is 11.5. The molecule has 0 aliphatic carbocycles. The first-order valence-electron chi connectivity index (χ1n) is 11.1. The van der Waals surface area contributed by atoms with Gasteiger partial charge in [0.05, 0.1) is 18.5 Å². The molecular weight excluding hydrogens is 466 g/mol. The summed E-state index contributed by atoms with van der Waals surface area (Å²) in [7, 11) is 0. The molecule has 0 radical (unpaired) electrons. The molecule has 0 amide bonds. The van der Waals surface area contributed by atoms with Crippen LogP contribution in [0.1, 0.15) is 35.4 Å².